The van der Waals surface area contributed by atoms with E-state index in [-0.39, 0.29) is 6.10 Å². The molecule has 0 aromatic rings. The zero-order chi connectivity index (χ0) is 9.40. The number of unbranched alkanes of at least 4 members (excludes halogenated alkanes) is 1. The molecule has 0 aliphatic carbocycles. The lowest BCUT2D eigenvalue weighted by molar-refractivity contribution is 0.219. The maximum absolute atomic E-state index is 9.16. The third-order valence-corrected chi connectivity index (χ3v) is 1.66. The highest BCUT2D eigenvalue weighted by Gasteiger charge is 1.90. The summed E-state index contributed by atoms with van der Waals surface area (Å²) in [4.78, 5) is 0. The highest BCUT2D eigenvalue weighted by atomic mass is 16.3. The summed E-state index contributed by atoms with van der Waals surface area (Å²) in [5.41, 5.74) is 1.36. The van der Waals surface area contributed by atoms with E-state index in [9.17, 15) is 0 Å². The fourth-order valence-corrected chi connectivity index (χ4v) is 0.858. The first-order valence-corrected chi connectivity index (χ1v) is 4.65. The van der Waals surface area contributed by atoms with Crippen molar-refractivity contribution in [2.24, 2.45) is 0 Å². The Hall–Kier alpha value is -0.560. The summed E-state index contributed by atoms with van der Waals surface area (Å²) >= 11 is 0. The predicted octanol–water partition coefficient (Wildman–Crippen LogP) is 3.06. The standard InChI is InChI=1S/C11H20O/c1-4-11(12)9-7-5-6-8-10(2)3/h7-9,11-12H,4-6H2,1-3H3/b9-7-/t11-/m1/s1. The molecule has 0 rings (SSSR count). The number of allylic oxidation sites excluding steroid dienone is 3. The lowest BCUT2D eigenvalue weighted by atomic mass is 10.2. The van der Waals surface area contributed by atoms with Gasteiger partial charge in [-0.2, -0.15) is 0 Å². The molecule has 1 atom stereocenters. The minimum Gasteiger partial charge on any atom is -0.389 e. The van der Waals surface area contributed by atoms with Crippen LogP contribution in [-0.2, 0) is 0 Å². The van der Waals surface area contributed by atoms with Crippen molar-refractivity contribution < 1.29 is 5.11 Å². The smallest absolute Gasteiger partial charge is 0.0718 e. The minimum atomic E-state index is -0.253. The molecule has 1 nitrogen and oxygen atoms in total. The number of aliphatic hydroxyl groups excluding tert-OH is 1. The molecule has 1 N–H and O–H groups in total. The monoisotopic (exact) mass is 168 g/mol. The summed E-state index contributed by atoms with van der Waals surface area (Å²) in [7, 11) is 0. The van der Waals surface area contributed by atoms with E-state index in [2.05, 4.69) is 19.9 Å². The molecule has 0 radical (unpaired) electrons. The molecule has 0 aromatic heterocycles. The van der Waals surface area contributed by atoms with E-state index in [4.69, 9.17) is 5.11 Å². The van der Waals surface area contributed by atoms with Gasteiger partial charge in [0.15, 0.2) is 0 Å². The van der Waals surface area contributed by atoms with Crippen molar-refractivity contribution in [1.29, 1.82) is 0 Å². The first kappa shape index (κ1) is 11.4. The molecule has 0 saturated heterocycles. The van der Waals surface area contributed by atoms with Crippen LogP contribution in [-0.4, -0.2) is 11.2 Å². The first-order valence-electron chi connectivity index (χ1n) is 4.65. The average Bonchev–Trinajstić information content (AvgIpc) is 2.03. The normalized spacial score (nSPS) is 13.3. The zero-order valence-corrected chi connectivity index (χ0v) is 8.38. The van der Waals surface area contributed by atoms with E-state index in [1.54, 1.807) is 0 Å². The Labute approximate surface area is 75.8 Å². The van der Waals surface area contributed by atoms with Gasteiger partial charge in [-0.25, -0.2) is 0 Å². The number of hydrogen-bond donors (Lipinski definition) is 1. The fraction of sp³-hybridized carbons (Fsp3) is 0.636. The summed E-state index contributed by atoms with van der Waals surface area (Å²) < 4.78 is 0. The molecule has 0 aromatic carbocycles. The zero-order valence-electron chi connectivity index (χ0n) is 8.38. The van der Waals surface area contributed by atoms with Gasteiger partial charge in [0.25, 0.3) is 0 Å². The number of hydrogen-bond acceptors (Lipinski definition) is 1. The maximum atomic E-state index is 9.16. The Kier molecular flexibility index (Phi) is 6.78. The molecule has 0 unspecified atom stereocenters. The predicted molar refractivity (Wildman–Crippen MR) is 54.1 cm³/mol. The van der Waals surface area contributed by atoms with Gasteiger partial charge in [0.05, 0.1) is 6.10 Å². The maximum Gasteiger partial charge on any atom is 0.0718 e. The van der Waals surface area contributed by atoms with E-state index in [1.165, 1.54) is 5.57 Å². The second-order valence-electron chi connectivity index (χ2n) is 3.26. The molecular weight excluding hydrogens is 148 g/mol. The van der Waals surface area contributed by atoms with Gasteiger partial charge in [-0.05, 0) is 33.1 Å². The molecule has 0 fully saturated rings. The Morgan fingerprint density at radius 2 is 2.00 bits per heavy atom. The quantitative estimate of drug-likeness (QED) is 0.494. The highest BCUT2D eigenvalue weighted by molar-refractivity contribution is 4.96. The van der Waals surface area contributed by atoms with Gasteiger partial charge in [-0.15, -0.1) is 0 Å². The molecule has 0 aliphatic rings. The third kappa shape index (κ3) is 7.55. The Balaban J connectivity index is 3.43. The second kappa shape index (κ2) is 7.11. The molecule has 0 aliphatic heterocycles. The van der Waals surface area contributed by atoms with Crippen LogP contribution in [0.2, 0.25) is 0 Å². The van der Waals surface area contributed by atoms with Crippen molar-refractivity contribution in [2.45, 2.75) is 46.1 Å². The van der Waals surface area contributed by atoms with Crippen molar-refractivity contribution in [3.63, 3.8) is 0 Å². The van der Waals surface area contributed by atoms with Gasteiger partial charge >= 0.3 is 0 Å². The summed E-state index contributed by atoms with van der Waals surface area (Å²) in [5, 5.41) is 9.16. The lowest BCUT2D eigenvalue weighted by Crippen LogP contribution is -1.97. The number of rotatable bonds is 5. The Morgan fingerprint density at radius 3 is 2.50 bits per heavy atom. The van der Waals surface area contributed by atoms with Crippen LogP contribution < -0.4 is 0 Å². The van der Waals surface area contributed by atoms with Crippen LogP contribution in [0.3, 0.4) is 0 Å². The van der Waals surface area contributed by atoms with Crippen molar-refractivity contribution >= 4 is 0 Å². The van der Waals surface area contributed by atoms with Gasteiger partial charge < -0.3 is 5.11 Å². The van der Waals surface area contributed by atoms with Crippen molar-refractivity contribution in [3.05, 3.63) is 23.8 Å². The van der Waals surface area contributed by atoms with E-state index < -0.39 is 0 Å². The van der Waals surface area contributed by atoms with Crippen molar-refractivity contribution in [1.82, 2.24) is 0 Å². The molecule has 12 heavy (non-hydrogen) atoms. The van der Waals surface area contributed by atoms with Gasteiger partial charge in [0.2, 0.25) is 0 Å². The van der Waals surface area contributed by atoms with E-state index >= 15 is 0 Å². The van der Waals surface area contributed by atoms with Crippen molar-refractivity contribution in [2.75, 3.05) is 0 Å². The van der Waals surface area contributed by atoms with Crippen LogP contribution >= 0.6 is 0 Å². The highest BCUT2D eigenvalue weighted by Crippen LogP contribution is 1.99. The van der Waals surface area contributed by atoms with Gasteiger partial charge in [-0.3, -0.25) is 0 Å². The van der Waals surface area contributed by atoms with Gasteiger partial charge in [0, 0.05) is 0 Å². The molecular formula is C11H20O. The lowest BCUT2D eigenvalue weighted by Gasteiger charge is -1.97. The van der Waals surface area contributed by atoms with E-state index in [0.717, 1.165) is 19.3 Å². The van der Waals surface area contributed by atoms with Gasteiger partial charge in [-0.1, -0.05) is 30.7 Å². The molecule has 0 spiro atoms. The van der Waals surface area contributed by atoms with E-state index in [1.807, 2.05) is 19.1 Å². The molecule has 0 heterocycles. The molecule has 0 amide bonds. The Morgan fingerprint density at radius 1 is 1.33 bits per heavy atom. The van der Waals surface area contributed by atoms with Gasteiger partial charge in [0.1, 0.15) is 0 Å². The van der Waals surface area contributed by atoms with Crippen LogP contribution in [0.1, 0.15) is 40.0 Å². The molecule has 0 bridgehead atoms. The largest absolute Gasteiger partial charge is 0.389 e. The third-order valence-electron chi connectivity index (χ3n) is 1.66. The molecule has 70 valence electrons. The first-order chi connectivity index (χ1) is 5.66. The summed E-state index contributed by atoms with van der Waals surface area (Å²) in [6, 6.07) is 0. The summed E-state index contributed by atoms with van der Waals surface area (Å²) in [6.07, 6.45) is 8.79. The second-order valence-corrected chi connectivity index (χ2v) is 3.26. The minimum absolute atomic E-state index is 0.253. The summed E-state index contributed by atoms with van der Waals surface area (Å²) in [6.45, 7) is 6.18. The SMILES string of the molecule is CC[C@@H](O)/C=C\CCC=C(C)C. The topological polar surface area (TPSA) is 20.2 Å². The van der Waals surface area contributed by atoms with Crippen LogP contribution in [0.4, 0.5) is 0 Å². The number of aliphatic hydroxyl groups is 1. The average molecular weight is 168 g/mol. The van der Waals surface area contributed by atoms with Crippen molar-refractivity contribution in [3.8, 4) is 0 Å². The molecule has 0 saturated carbocycles. The summed E-state index contributed by atoms with van der Waals surface area (Å²) in [5.74, 6) is 0. The van der Waals surface area contributed by atoms with Crippen LogP contribution in [0, 0.1) is 0 Å². The van der Waals surface area contributed by atoms with Crippen LogP contribution in [0.15, 0.2) is 23.8 Å². The van der Waals surface area contributed by atoms with E-state index in [0.29, 0.717) is 0 Å². The van der Waals surface area contributed by atoms with Crippen LogP contribution in [0.25, 0.3) is 0 Å². The van der Waals surface area contributed by atoms with Crippen LogP contribution in [0.5, 0.6) is 0 Å². The Bertz CT molecular complexity index is 152. The fourth-order valence-electron chi connectivity index (χ4n) is 0.858. The molecule has 1 heteroatoms.